The van der Waals surface area contributed by atoms with E-state index in [1.165, 1.54) is 12.1 Å². The van der Waals surface area contributed by atoms with Crippen molar-refractivity contribution in [3.05, 3.63) is 34.6 Å². The zero-order valence-corrected chi connectivity index (χ0v) is 12.9. The molecular weight excluding hydrogens is 335 g/mol. The van der Waals surface area contributed by atoms with E-state index in [0.717, 1.165) is 6.07 Å². The van der Waals surface area contributed by atoms with Crippen molar-refractivity contribution >= 4 is 36.4 Å². The van der Waals surface area contributed by atoms with Gasteiger partial charge >= 0.3 is 0 Å². The predicted octanol–water partition coefficient (Wildman–Crippen LogP) is 3.53. The Hall–Kier alpha value is -0.200. The standard InChI is InChI=1S/C12H14ClF3N2.2ClH/c13-8-1-2-9(10(14)7-8)11(12(15)16)18-5-3-17-4-6-18;;/h1-2,7,11-12,17H,3-6H2;2*1H/t11-;;/m1../s1. The smallest absolute Gasteiger partial charge is 0.258 e. The molecule has 2 nitrogen and oxygen atoms in total. The second-order valence-electron chi connectivity index (χ2n) is 4.23. The van der Waals surface area contributed by atoms with Gasteiger partial charge in [0.05, 0.1) is 6.04 Å². The van der Waals surface area contributed by atoms with Crippen LogP contribution in [0, 0.1) is 5.82 Å². The second kappa shape index (κ2) is 8.95. The van der Waals surface area contributed by atoms with Crippen LogP contribution in [0.25, 0.3) is 0 Å². The van der Waals surface area contributed by atoms with Crippen molar-refractivity contribution < 1.29 is 13.2 Å². The molecule has 0 unspecified atom stereocenters. The molecular formula is C12H16Cl3F3N2. The van der Waals surface area contributed by atoms with Gasteiger partial charge in [0.2, 0.25) is 0 Å². The first-order chi connectivity index (χ1) is 8.59. The van der Waals surface area contributed by atoms with E-state index in [1.807, 2.05) is 0 Å². The van der Waals surface area contributed by atoms with Crippen LogP contribution in [-0.4, -0.2) is 37.5 Å². The third-order valence-electron chi connectivity index (χ3n) is 3.06. The Bertz CT molecular complexity index is 415. The van der Waals surface area contributed by atoms with Gasteiger partial charge in [-0.3, -0.25) is 4.90 Å². The van der Waals surface area contributed by atoms with Crippen LogP contribution >= 0.6 is 36.4 Å². The Morgan fingerprint density at radius 3 is 2.25 bits per heavy atom. The number of hydrogen-bond donors (Lipinski definition) is 1. The molecule has 1 aliphatic rings. The molecule has 20 heavy (non-hydrogen) atoms. The summed E-state index contributed by atoms with van der Waals surface area (Å²) < 4.78 is 40.1. The number of rotatable bonds is 3. The third-order valence-corrected chi connectivity index (χ3v) is 3.30. The quantitative estimate of drug-likeness (QED) is 0.896. The van der Waals surface area contributed by atoms with Gasteiger partial charge in [0.25, 0.3) is 6.43 Å². The van der Waals surface area contributed by atoms with E-state index in [1.54, 1.807) is 4.90 Å². The molecule has 0 radical (unpaired) electrons. The molecule has 0 aromatic heterocycles. The molecule has 0 spiro atoms. The van der Waals surface area contributed by atoms with Crippen molar-refractivity contribution in [2.75, 3.05) is 26.2 Å². The molecule has 116 valence electrons. The molecule has 0 amide bonds. The summed E-state index contributed by atoms with van der Waals surface area (Å²) in [5.41, 5.74) is 0.0105. The highest BCUT2D eigenvalue weighted by atomic mass is 35.5. The van der Waals surface area contributed by atoms with Crippen molar-refractivity contribution in [3.63, 3.8) is 0 Å². The first-order valence-electron chi connectivity index (χ1n) is 5.77. The van der Waals surface area contributed by atoms with Gasteiger partial charge < -0.3 is 5.32 Å². The fourth-order valence-corrected chi connectivity index (χ4v) is 2.35. The van der Waals surface area contributed by atoms with Crippen LogP contribution in [0.15, 0.2) is 18.2 Å². The first-order valence-corrected chi connectivity index (χ1v) is 6.15. The molecule has 0 saturated carbocycles. The lowest BCUT2D eigenvalue weighted by atomic mass is 10.0. The van der Waals surface area contributed by atoms with E-state index in [-0.39, 0.29) is 35.4 Å². The van der Waals surface area contributed by atoms with Gasteiger partial charge in [-0.05, 0) is 12.1 Å². The zero-order valence-electron chi connectivity index (χ0n) is 10.5. The number of nitrogens with one attached hydrogen (secondary N) is 1. The van der Waals surface area contributed by atoms with Gasteiger partial charge in [0, 0.05) is 36.8 Å². The van der Waals surface area contributed by atoms with Crippen molar-refractivity contribution in [1.29, 1.82) is 0 Å². The van der Waals surface area contributed by atoms with E-state index in [0.29, 0.717) is 26.2 Å². The highest BCUT2D eigenvalue weighted by molar-refractivity contribution is 6.30. The van der Waals surface area contributed by atoms with Gasteiger partial charge in [-0.15, -0.1) is 24.8 Å². The van der Waals surface area contributed by atoms with E-state index >= 15 is 0 Å². The van der Waals surface area contributed by atoms with E-state index in [4.69, 9.17) is 11.6 Å². The van der Waals surface area contributed by atoms with Crippen molar-refractivity contribution in [2.45, 2.75) is 12.5 Å². The van der Waals surface area contributed by atoms with Crippen molar-refractivity contribution in [2.24, 2.45) is 0 Å². The van der Waals surface area contributed by atoms with Gasteiger partial charge in [-0.25, -0.2) is 13.2 Å². The summed E-state index contributed by atoms with van der Waals surface area (Å²) in [7, 11) is 0. The lowest BCUT2D eigenvalue weighted by Crippen LogP contribution is -2.47. The average molecular weight is 352 g/mol. The Morgan fingerprint density at radius 1 is 1.15 bits per heavy atom. The average Bonchev–Trinajstić information content (AvgIpc) is 2.33. The number of hydrogen-bond acceptors (Lipinski definition) is 2. The first kappa shape index (κ1) is 19.8. The summed E-state index contributed by atoms with van der Waals surface area (Å²) in [5, 5.41) is 3.29. The summed E-state index contributed by atoms with van der Waals surface area (Å²) in [6.07, 6.45) is -2.63. The number of piperazine rings is 1. The molecule has 0 bridgehead atoms. The van der Waals surface area contributed by atoms with Crippen LogP contribution in [0.5, 0.6) is 0 Å². The van der Waals surface area contributed by atoms with Gasteiger partial charge in [0.1, 0.15) is 5.82 Å². The number of benzene rings is 1. The SMILES string of the molecule is Cl.Cl.Fc1cc(Cl)ccc1[C@H](C(F)F)N1CCNCC1. The lowest BCUT2D eigenvalue weighted by Gasteiger charge is -2.34. The monoisotopic (exact) mass is 350 g/mol. The normalized spacial score (nSPS) is 17.2. The molecule has 0 aliphatic carbocycles. The topological polar surface area (TPSA) is 15.3 Å². The summed E-state index contributed by atoms with van der Waals surface area (Å²) in [6, 6.07) is 2.66. The maximum Gasteiger partial charge on any atom is 0.258 e. The van der Waals surface area contributed by atoms with E-state index in [2.05, 4.69) is 5.32 Å². The number of nitrogens with zero attached hydrogens (tertiary/aromatic N) is 1. The van der Waals surface area contributed by atoms with Gasteiger partial charge in [-0.1, -0.05) is 17.7 Å². The molecule has 1 aromatic rings. The maximum atomic E-state index is 13.8. The van der Waals surface area contributed by atoms with Crippen LogP contribution in [0.3, 0.4) is 0 Å². The van der Waals surface area contributed by atoms with E-state index < -0.39 is 18.3 Å². The molecule has 1 N–H and O–H groups in total. The molecule has 1 heterocycles. The molecule has 1 aromatic carbocycles. The maximum absolute atomic E-state index is 13.8. The fourth-order valence-electron chi connectivity index (χ4n) is 2.19. The van der Waals surface area contributed by atoms with Crippen LogP contribution in [0.4, 0.5) is 13.2 Å². The fraction of sp³-hybridized carbons (Fsp3) is 0.500. The second-order valence-corrected chi connectivity index (χ2v) is 4.67. The molecule has 1 aliphatic heterocycles. The van der Waals surface area contributed by atoms with Crippen molar-refractivity contribution in [1.82, 2.24) is 10.2 Å². The zero-order chi connectivity index (χ0) is 13.1. The van der Waals surface area contributed by atoms with Crippen LogP contribution in [0.1, 0.15) is 11.6 Å². The molecule has 8 heteroatoms. The Kier molecular flexibility index (Phi) is 8.86. The van der Waals surface area contributed by atoms with Crippen LogP contribution < -0.4 is 5.32 Å². The molecule has 1 fully saturated rings. The molecule has 2 rings (SSSR count). The summed E-state index contributed by atoms with van der Waals surface area (Å²) >= 11 is 5.64. The Morgan fingerprint density at radius 2 is 1.75 bits per heavy atom. The van der Waals surface area contributed by atoms with Gasteiger partial charge in [-0.2, -0.15) is 0 Å². The largest absolute Gasteiger partial charge is 0.314 e. The van der Waals surface area contributed by atoms with Crippen LogP contribution in [-0.2, 0) is 0 Å². The number of halogens is 6. The van der Waals surface area contributed by atoms with Crippen LogP contribution in [0.2, 0.25) is 5.02 Å². The number of alkyl halides is 2. The summed E-state index contributed by atoms with van der Waals surface area (Å²) in [5.74, 6) is -0.675. The Balaban J connectivity index is 0.00000180. The summed E-state index contributed by atoms with van der Waals surface area (Å²) in [4.78, 5) is 1.60. The third kappa shape index (κ3) is 4.67. The van der Waals surface area contributed by atoms with E-state index in [9.17, 15) is 13.2 Å². The highest BCUT2D eigenvalue weighted by Crippen LogP contribution is 2.30. The molecule has 1 atom stereocenters. The lowest BCUT2D eigenvalue weighted by molar-refractivity contribution is 0.0164. The predicted molar refractivity (Wildman–Crippen MR) is 79.1 cm³/mol. The van der Waals surface area contributed by atoms with Crippen molar-refractivity contribution in [3.8, 4) is 0 Å². The minimum absolute atomic E-state index is 0. The Labute approximate surface area is 133 Å². The minimum Gasteiger partial charge on any atom is -0.314 e. The minimum atomic E-state index is -2.63. The van der Waals surface area contributed by atoms with Gasteiger partial charge in [0.15, 0.2) is 0 Å². The highest BCUT2D eigenvalue weighted by Gasteiger charge is 2.32. The molecule has 1 saturated heterocycles. The summed E-state index contributed by atoms with van der Waals surface area (Å²) in [6.45, 7) is 2.24.